The first-order valence-electron chi connectivity index (χ1n) is 5.62. The van der Waals surface area contributed by atoms with Crippen molar-refractivity contribution in [2.45, 2.75) is 20.3 Å². The van der Waals surface area contributed by atoms with E-state index in [-0.39, 0.29) is 6.03 Å². The Hall–Kier alpha value is -1.78. The van der Waals surface area contributed by atoms with Gasteiger partial charge in [-0.15, -0.1) is 6.58 Å². The Balaban J connectivity index is 2.62. The fraction of sp³-hybridized carbons (Fsp3) is 0.500. The maximum Gasteiger partial charge on any atom is 0.323 e. The predicted octanol–water partition coefficient (Wildman–Crippen LogP) is 2.20. The summed E-state index contributed by atoms with van der Waals surface area (Å²) in [7, 11) is 1.65. The van der Waals surface area contributed by atoms with E-state index in [9.17, 15) is 4.79 Å². The molecule has 0 bridgehead atoms. The van der Waals surface area contributed by atoms with Crippen LogP contribution in [0.1, 0.15) is 19.6 Å². The van der Waals surface area contributed by atoms with E-state index in [1.807, 2.05) is 0 Å². The first-order chi connectivity index (χ1) is 8.04. The average Bonchev–Trinajstić information content (AvgIpc) is 2.72. The van der Waals surface area contributed by atoms with Gasteiger partial charge < -0.3 is 9.84 Å². The number of amides is 2. The monoisotopic (exact) mass is 237 g/mol. The summed E-state index contributed by atoms with van der Waals surface area (Å²) in [4.78, 5) is 13.0. The van der Waals surface area contributed by atoms with Crippen LogP contribution >= 0.6 is 0 Å². The number of hydrogen-bond acceptors (Lipinski definition) is 3. The van der Waals surface area contributed by atoms with Gasteiger partial charge in [0.15, 0.2) is 5.82 Å². The maximum atomic E-state index is 11.6. The van der Waals surface area contributed by atoms with Gasteiger partial charge in [0.25, 0.3) is 0 Å². The summed E-state index contributed by atoms with van der Waals surface area (Å²) < 4.78 is 5.16. The molecule has 0 aliphatic carbocycles. The molecule has 2 amide bonds. The highest BCUT2D eigenvalue weighted by atomic mass is 16.5. The van der Waals surface area contributed by atoms with Crippen molar-refractivity contribution in [3.05, 3.63) is 24.5 Å². The number of hydrogen-bond donors (Lipinski definition) is 1. The van der Waals surface area contributed by atoms with E-state index in [4.69, 9.17) is 4.52 Å². The van der Waals surface area contributed by atoms with Crippen LogP contribution in [0.25, 0.3) is 0 Å². The van der Waals surface area contributed by atoms with E-state index >= 15 is 0 Å². The van der Waals surface area contributed by atoms with E-state index < -0.39 is 0 Å². The zero-order valence-corrected chi connectivity index (χ0v) is 10.6. The highest BCUT2D eigenvalue weighted by Crippen LogP contribution is 2.15. The summed E-state index contributed by atoms with van der Waals surface area (Å²) in [6, 6.07) is 1.56. The van der Waals surface area contributed by atoms with Crippen LogP contribution in [0.5, 0.6) is 0 Å². The summed E-state index contributed by atoms with van der Waals surface area (Å²) in [5.74, 6) is 1.80. The molecule has 0 atom stereocenters. The van der Waals surface area contributed by atoms with Crippen molar-refractivity contribution >= 4 is 11.8 Å². The van der Waals surface area contributed by atoms with Gasteiger partial charge in [0.2, 0.25) is 0 Å². The Bertz CT molecular complexity index is 385. The molecule has 94 valence electrons. The van der Waals surface area contributed by atoms with Crippen LogP contribution < -0.4 is 10.2 Å². The van der Waals surface area contributed by atoms with Crippen LogP contribution in [0.15, 0.2) is 23.2 Å². The minimum absolute atomic E-state index is 0.228. The van der Waals surface area contributed by atoms with Gasteiger partial charge in [-0.1, -0.05) is 25.1 Å². The fourth-order valence-corrected chi connectivity index (χ4v) is 1.34. The third-order valence-electron chi connectivity index (χ3n) is 2.20. The van der Waals surface area contributed by atoms with E-state index in [1.165, 1.54) is 4.90 Å². The third-order valence-corrected chi connectivity index (χ3v) is 2.20. The Labute approximate surface area is 101 Å². The number of urea groups is 1. The smallest absolute Gasteiger partial charge is 0.323 e. The van der Waals surface area contributed by atoms with Crippen molar-refractivity contribution in [3.63, 3.8) is 0 Å². The van der Waals surface area contributed by atoms with Crippen molar-refractivity contribution < 1.29 is 9.32 Å². The van der Waals surface area contributed by atoms with Crippen molar-refractivity contribution in [2.75, 3.05) is 18.5 Å². The summed E-state index contributed by atoms with van der Waals surface area (Å²) >= 11 is 0. The van der Waals surface area contributed by atoms with Crippen molar-refractivity contribution in [2.24, 2.45) is 5.92 Å². The van der Waals surface area contributed by atoms with Gasteiger partial charge in [-0.25, -0.2) is 4.79 Å². The highest BCUT2D eigenvalue weighted by molar-refractivity contribution is 5.90. The SMILES string of the molecule is C=CCNC(=O)N(C)c1cc(CC(C)C)on1. The zero-order chi connectivity index (χ0) is 12.8. The quantitative estimate of drug-likeness (QED) is 0.799. The molecule has 1 aromatic heterocycles. The number of nitrogens with zero attached hydrogens (tertiary/aromatic N) is 2. The molecular formula is C12H19N3O2. The highest BCUT2D eigenvalue weighted by Gasteiger charge is 2.14. The van der Waals surface area contributed by atoms with Crippen molar-refractivity contribution in [1.82, 2.24) is 10.5 Å². The van der Waals surface area contributed by atoms with Gasteiger partial charge in [0, 0.05) is 26.1 Å². The van der Waals surface area contributed by atoms with E-state index in [1.54, 1.807) is 19.2 Å². The molecular weight excluding hydrogens is 218 g/mol. The number of carbonyl (C=O) groups excluding carboxylic acids is 1. The van der Waals surface area contributed by atoms with Crippen LogP contribution in [0.3, 0.4) is 0 Å². The summed E-state index contributed by atoms with van der Waals surface area (Å²) in [6.45, 7) is 8.16. The molecule has 0 aliphatic heterocycles. The lowest BCUT2D eigenvalue weighted by Gasteiger charge is -2.13. The number of nitrogens with one attached hydrogen (secondary N) is 1. The molecule has 1 heterocycles. The number of anilines is 1. The second kappa shape index (κ2) is 6.08. The Morgan fingerprint density at radius 2 is 2.41 bits per heavy atom. The first-order valence-corrected chi connectivity index (χ1v) is 5.62. The van der Waals surface area contributed by atoms with E-state index in [0.29, 0.717) is 18.3 Å². The van der Waals surface area contributed by atoms with Crippen LogP contribution in [0.2, 0.25) is 0 Å². The lowest BCUT2D eigenvalue weighted by atomic mass is 10.1. The minimum Gasteiger partial charge on any atom is -0.359 e. The predicted molar refractivity (Wildman–Crippen MR) is 67.0 cm³/mol. The van der Waals surface area contributed by atoms with Crippen LogP contribution in [0.4, 0.5) is 10.6 Å². The van der Waals surface area contributed by atoms with Gasteiger partial charge in [-0.05, 0) is 5.92 Å². The Morgan fingerprint density at radius 1 is 1.71 bits per heavy atom. The second-order valence-electron chi connectivity index (χ2n) is 4.28. The molecule has 1 rings (SSSR count). The molecule has 0 aliphatic rings. The Kier molecular flexibility index (Phi) is 4.75. The lowest BCUT2D eigenvalue weighted by Crippen LogP contribution is -2.37. The third kappa shape index (κ3) is 3.94. The Morgan fingerprint density at radius 3 is 3.00 bits per heavy atom. The second-order valence-corrected chi connectivity index (χ2v) is 4.28. The number of aromatic nitrogens is 1. The molecule has 0 unspecified atom stereocenters. The minimum atomic E-state index is -0.228. The molecule has 1 N–H and O–H groups in total. The lowest BCUT2D eigenvalue weighted by molar-refractivity contribution is 0.248. The summed E-state index contributed by atoms with van der Waals surface area (Å²) in [5, 5.41) is 6.53. The van der Waals surface area contributed by atoms with Crippen LogP contribution in [0, 0.1) is 5.92 Å². The number of carbonyl (C=O) groups is 1. The summed E-state index contributed by atoms with van der Waals surface area (Å²) in [6.07, 6.45) is 2.44. The first kappa shape index (κ1) is 13.3. The zero-order valence-electron chi connectivity index (χ0n) is 10.6. The molecule has 5 nitrogen and oxygen atoms in total. The normalized spacial score (nSPS) is 10.4. The van der Waals surface area contributed by atoms with Gasteiger partial charge in [-0.3, -0.25) is 4.90 Å². The van der Waals surface area contributed by atoms with E-state index in [2.05, 4.69) is 30.9 Å². The van der Waals surface area contributed by atoms with Gasteiger partial charge in [0.1, 0.15) is 5.76 Å². The molecule has 0 saturated heterocycles. The summed E-state index contributed by atoms with van der Waals surface area (Å²) in [5.41, 5.74) is 0. The topological polar surface area (TPSA) is 58.4 Å². The van der Waals surface area contributed by atoms with Gasteiger partial charge >= 0.3 is 6.03 Å². The molecule has 17 heavy (non-hydrogen) atoms. The molecule has 5 heteroatoms. The van der Waals surface area contributed by atoms with Crippen molar-refractivity contribution in [1.29, 1.82) is 0 Å². The molecule has 0 spiro atoms. The van der Waals surface area contributed by atoms with Gasteiger partial charge in [0.05, 0.1) is 0 Å². The average molecular weight is 237 g/mol. The van der Waals surface area contributed by atoms with E-state index in [0.717, 1.165) is 12.2 Å². The van der Waals surface area contributed by atoms with Gasteiger partial charge in [-0.2, -0.15) is 0 Å². The molecule has 0 radical (unpaired) electrons. The number of rotatable bonds is 5. The van der Waals surface area contributed by atoms with Crippen LogP contribution in [-0.4, -0.2) is 24.8 Å². The van der Waals surface area contributed by atoms with Crippen LogP contribution in [-0.2, 0) is 6.42 Å². The molecule has 1 aromatic rings. The molecule has 0 fully saturated rings. The largest absolute Gasteiger partial charge is 0.359 e. The maximum absolute atomic E-state index is 11.6. The standard InChI is InChI=1S/C12H19N3O2/c1-5-6-13-12(16)15(4)11-8-10(17-14-11)7-9(2)3/h5,8-9H,1,6-7H2,2-4H3,(H,13,16). The van der Waals surface area contributed by atoms with Crippen molar-refractivity contribution in [3.8, 4) is 0 Å². The fourth-order valence-electron chi connectivity index (χ4n) is 1.34. The molecule has 0 aromatic carbocycles. The molecule has 0 saturated carbocycles.